The Balaban J connectivity index is 0.000000447. The van der Waals surface area contributed by atoms with E-state index in [0.29, 0.717) is 9.13 Å². The van der Waals surface area contributed by atoms with E-state index in [1.54, 1.807) is 24.3 Å². The summed E-state index contributed by atoms with van der Waals surface area (Å²) in [5.74, 6) is -1.01. The first-order chi connectivity index (χ1) is 13.3. The van der Waals surface area contributed by atoms with Crippen LogP contribution < -0.4 is 21.2 Å². The van der Waals surface area contributed by atoms with Crippen molar-refractivity contribution >= 4 is 21.8 Å². The van der Waals surface area contributed by atoms with Gasteiger partial charge in [-0.05, 0) is 18.2 Å². The molecule has 0 unspecified atom stereocenters. The predicted molar refractivity (Wildman–Crippen MR) is 84.0 cm³/mol. The van der Waals surface area contributed by atoms with E-state index in [2.05, 4.69) is 4.74 Å². The molecular weight excluding hydrogens is 541 g/mol. The van der Waals surface area contributed by atoms with Crippen molar-refractivity contribution in [2.75, 3.05) is 7.11 Å². The molecule has 2 aromatic carbocycles. The van der Waals surface area contributed by atoms with E-state index in [9.17, 15) is 32.5 Å². The molecule has 0 radical (unpaired) electrons. The highest BCUT2D eigenvalue weighted by Gasteiger charge is 2.37. The first-order valence-electron chi connectivity index (χ1n) is 7.06. The number of methoxy groups -OCH3 is 1. The number of nitrogens with zero attached hydrogens (tertiary/aromatic N) is 1. The fourth-order valence-corrected chi connectivity index (χ4v) is 4.22. The number of non-ortho nitro benzene ring substituents is 1. The van der Waals surface area contributed by atoms with Crippen molar-refractivity contribution in [2.45, 2.75) is 5.51 Å². The number of esters is 1. The molecule has 0 saturated heterocycles. The average Bonchev–Trinajstić information content (AvgIpc) is 2.62. The second-order valence-corrected chi connectivity index (χ2v) is 9.06. The summed E-state index contributed by atoms with van der Waals surface area (Å²) in [4.78, 5) is 21.9. The molecule has 0 spiro atoms. The zero-order valence-corrected chi connectivity index (χ0v) is 17.1. The Morgan fingerprint density at radius 2 is 1.69 bits per heavy atom. The van der Waals surface area contributed by atoms with Crippen LogP contribution in [-0.4, -0.2) is 36.5 Å². The molecule has 0 aromatic heterocycles. The number of hydrogen-bond acceptors (Lipinski definition) is 7. The van der Waals surface area contributed by atoms with Crippen molar-refractivity contribution < 1.29 is 66.2 Å². The van der Waals surface area contributed by atoms with E-state index in [1.807, 2.05) is 0 Å². The van der Waals surface area contributed by atoms with Gasteiger partial charge in [0.1, 0.15) is 5.56 Å². The SMILES string of the molecule is COC(=O)c1ccccc1[I+]c1cc([N+](=O)[O-])ccc1F.O=S(=O)([O-])C(F)(F)F. The van der Waals surface area contributed by atoms with Crippen LogP contribution in [0.1, 0.15) is 10.4 Å². The van der Waals surface area contributed by atoms with Crippen LogP contribution in [0.3, 0.4) is 0 Å². The number of carbonyl (C=O) groups is 1. The summed E-state index contributed by atoms with van der Waals surface area (Å²) >= 11 is -1.08. The number of nitro groups is 1. The molecule has 2 rings (SSSR count). The Kier molecular flexibility index (Phi) is 8.46. The average molecular weight is 551 g/mol. The highest BCUT2D eigenvalue weighted by Crippen LogP contribution is 2.20. The zero-order chi connectivity index (χ0) is 22.4. The van der Waals surface area contributed by atoms with Crippen LogP contribution in [0.25, 0.3) is 0 Å². The molecule has 29 heavy (non-hydrogen) atoms. The minimum absolute atomic E-state index is 0.165. The van der Waals surface area contributed by atoms with Crippen LogP contribution >= 0.6 is 0 Å². The van der Waals surface area contributed by atoms with Crippen LogP contribution in [0.4, 0.5) is 23.2 Å². The van der Waals surface area contributed by atoms with Crippen molar-refractivity contribution in [3.05, 3.63) is 71.1 Å². The summed E-state index contributed by atoms with van der Waals surface area (Å²) in [5, 5.41) is 10.8. The number of rotatable bonds is 4. The minimum Gasteiger partial charge on any atom is -0.741 e. The molecule has 0 fully saturated rings. The Bertz CT molecular complexity index is 1010. The van der Waals surface area contributed by atoms with Crippen LogP contribution in [0.15, 0.2) is 42.5 Å². The molecule has 0 aliphatic rings. The molecule has 0 amide bonds. The van der Waals surface area contributed by atoms with Crippen molar-refractivity contribution in [2.24, 2.45) is 0 Å². The number of benzene rings is 2. The highest BCUT2D eigenvalue weighted by atomic mass is 127. The summed E-state index contributed by atoms with van der Waals surface area (Å²) in [6.45, 7) is 0. The van der Waals surface area contributed by atoms with E-state index >= 15 is 0 Å². The molecule has 0 bridgehead atoms. The Morgan fingerprint density at radius 3 is 2.17 bits per heavy atom. The maximum absolute atomic E-state index is 13.8. The molecule has 14 heteroatoms. The summed E-state index contributed by atoms with van der Waals surface area (Å²) < 4.78 is 78.3. The summed E-state index contributed by atoms with van der Waals surface area (Å²) in [5.41, 5.74) is -5.45. The second-order valence-electron chi connectivity index (χ2n) is 4.82. The lowest BCUT2D eigenvalue weighted by molar-refractivity contribution is -0.601. The summed E-state index contributed by atoms with van der Waals surface area (Å²) in [6, 6.07) is 10.1. The van der Waals surface area contributed by atoms with Gasteiger partial charge in [-0.3, -0.25) is 10.1 Å². The van der Waals surface area contributed by atoms with Gasteiger partial charge in [0.2, 0.25) is 7.14 Å². The maximum atomic E-state index is 13.8. The first-order valence-corrected chi connectivity index (χ1v) is 10.6. The normalized spacial score (nSPS) is 11.2. The summed E-state index contributed by atoms with van der Waals surface area (Å²) in [7, 11) is -4.82. The zero-order valence-electron chi connectivity index (χ0n) is 14.1. The number of nitro benzene ring substituents is 1. The highest BCUT2D eigenvalue weighted by molar-refractivity contribution is 7.86. The quantitative estimate of drug-likeness (QED) is 0.0972. The maximum Gasteiger partial charge on any atom is 0.485 e. The van der Waals surface area contributed by atoms with Gasteiger partial charge in [-0.25, -0.2) is 17.6 Å². The molecule has 0 N–H and O–H groups in total. The number of carbonyl (C=O) groups excluding carboxylic acids is 1. The van der Waals surface area contributed by atoms with Crippen LogP contribution in [0.5, 0.6) is 0 Å². The number of alkyl halides is 3. The van der Waals surface area contributed by atoms with Gasteiger partial charge in [0.25, 0.3) is 5.69 Å². The summed E-state index contributed by atoms with van der Waals surface area (Å²) in [6.07, 6.45) is 0. The van der Waals surface area contributed by atoms with Crippen LogP contribution in [-0.2, 0) is 14.9 Å². The minimum atomic E-state index is -6.09. The monoisotopic (exact) mass is 551 g/mol. The number of halogens is 5. The third-order valence-electron chi connectivity index (χ3n) is 2.88. The topological polar surface area (TPSA) is 127 Å². The third kappa shape index (κ3) is 7.21. The molecule has 0 atom stereocenters. The van der Waals surface area contributed by atoms with E-state index < -0.39 is 53.5 Å². The molecular formula is C15H10F4INO7S. The molecule has 0 saturated carbocycles. The smallest absolute Gasteiger partial charge is 0.485 e. The van der Waals surface area contributed by atoms with Gasteiger partial charge in [-0.1, -0.05) is 12.1 Å². The predicted octanol–water partition coefficient (Wildman–Crippen LogP) is -0.300. The Hall–Kier alpha value is -2.33. The fourth-order valence-electron chi connectivity index (χ4n) is 1.60. The fraction of sp³-hybridized carbons (Fsp3) is 0.133. The van der Waals surface area contributed by atoms with Gasteiger partial charge >= 0.3 is 32.7 Å². The molecule has 8 nitrogen and oxygen atoms in total. The Labute approximate surface area is 171 Å². The van der Waals surface area contributed by atoms with Gasteiger partial charge in [0.05, 0.1) is 18.1 Å². The number of hydrogen-bond donors (Lipinski definition) is 0. The van der Waals surface area contributed by atoms with Gasteiger partial charge in [-0.15, -0.1) is 0 Å². The first kappa shape index (κ1) is 24.7. The van der Waals surface area contributed by atoms with E-state index in [-0.39, 0.29) is 9.26 Å². The molecule has 0 aliphatic carbocycles. The van der Waals surface area contributed by atoms with Crippen molar-refractivity contribution in [3.8, 4) is 0 Å². The molecule has 0 aliphatic heterocycles. The van der Waals surface area contributed by atoms with Crippen LogP contribution in [0, 0.1) is 23.1 Å². The van der Waals surface area contributed by atoms with Gasteiger partial charge in [-0.2, -0.15) is 13.2 Å². The van der Waals surface area contributed by atoms with Crippen LogP contribution in [0.2, 0.25) is 0 Å². The molecule has 158 valence electrons. The second kappa shape index (κ2) is 9.93. The van der Waals surface area contributed by atoms with Gasteiger partial charge in [0, 0.05) is 6.07 Å². The van der Waals surface area contributed by atoms with Crippen molar-refractivity contribution in [1.29, 1.82) is 0 Å². The van der Waals surface area contributed by atoms with E-state index in [4.69, 9.17) is 13.0 Å². The molecule has 2 aromatic rings. The Morgan fingerprint density at radius 1 is 1.14 bits per heavy atom. The van der Waals surface area contributed by atoms with Crippen molar-refractivity contribution in [1.82, 2.24) is 0 Å². The largest absolute Gasteiger partial charge is 0.741 e. The number of ether oxygens (including phenoxy) is 1. The third-order valence-corrected chi connectivity index (χ3v) is 6.38. The van der Waals surface area contributed by atoms with Gasteiger partial charge in [0.15, 0.2) is 15.9 Å². The lowest BCUT2D eigenvalue weighted by Crippen LogP contribution is -3.62. The molecule has 0 heterocycles. The van der Waals surface area contributed by atoms with Gasteiger partial charge < -0.3 is 9.29 Å². The van der Waals surface area contributed by atoms with Crippen molar-refractivity contribution in [3.63, 3.8) is 0 Å². The van der Waals surface area contributed by atoms with E-state index in [1.165, 1.54) is 13.2 Å². The standard InChI is InChI=1S/C14H10FINO4.CHF3O3S/c1-21-14(18)10-4-2-3-5-12(10)16-13-8-9(17(19)20)6-7-11(13)15;2-1(3,4)8(5,6)7/h2-8H,1H3;(H,5,6,7)/q+1;/p-1. The lowest BCUT2D eigenvalue weighted by Gasteiger charge is -2.08. The van der Waals surface area contributed by atoms with E-state index in [0.717, 1.165) is 12.1 Å². The lowest BCUT2D eigenvalue weighted by atomic mass is 10.2.